The zero-order chi connectivity index (χ0) is 22.1. The molecule has 1 atom stereocenters. The number of imide groups is 1. The van der Waals surface area contributed by atoms with Gasteiger partial charge in [-0.3, -0.25) is 14.5 Å². The van der Waals surface area contributed by atoms with Crippen LogP contribution in [0.1, 0.15) is 25.0 Å². The Hall–Kier alpha value is -3.36. The van der Waals surface area contributed by atoms with E-state index in [1.807, 2.05) is 0 Å². The van der Waals surface area contributed by atoms with Gasteiger partial charge in [0.05, 0.1) is 5.56 Å². The molecule has 4 amide bonds. The van der Waals surface area contributed by atoms with Gasteiger partial charge in [0.2, 0.25) is 5.91 Å². The van der Waals surface area contributed by atoms with Crippen LogP contribution in [0.3, 0.4) is 0 Å². The maximum atomic E-state index is 13.4. The van der Waals surface area contributed by atoms with Crippen LogP contribution in [0.4, 0.5) is 23.7 Å². The van der Waals surface area contributed by atoms with E-state index in [4.69, 9.17) is 0 Å². The fourth-order valence-corrected chi connectivity index (χ4v) is 3.52. The van der Waals surface area contributed by atoms with Gasteiger partial charge in [0.25, 0.3) is 5.91 Å². The van der Waals surface area contributed by atoms with Crippen LogP contribution >= 0.6 is 0 Å². The fourth-order valence-electron chi connectivity index (χ4n) is 3.52. The number of likely N-dealkylation sites (N-methyl/N-ethyl adjacent to an activating group) is 1. The quantitative estimate of drug-likeness (QED) is 0.754. The van der Waals surface area contributed by atoms with Crippen LogP contribution in [-0.2, 0) is 21.3 Å². The molecule has 6 nitrogen and oxygen atoms in total. The Labute approximate surface area is 171 Å². The van der Waals surface area contributed by atoms with Gasteiger partial charge in [0, 0.05) is 12.2 Å². The van der Waals surface area contributed by atoms with Crippen LogP contribution in [0.25, 0.3) is 0 Å². The molecule has 9 heteroatoms. The lowest BCUT2D eigenvalue weighted by Crippen LogP contribution is -2.45. The van der Waals surface area contributed by atoms with Crippen LogP contribution in [-0.4, -0.2) is 35.8 Å². The molecule has 30 heavy (non-hydrogen) atoms. The van der Waals surface area contributed by atoms with Crippen LogP contribution in [0, 0.1) is 0 Å². The van der Waals surface area contributed by atoms with Gasteiger partial charge in [-0.25, -0.2) is 4.79 Å². The molecule has 1 saturated heterocycles. The molecular formula is C21H20F3N3O3. The van der Waals surface area contributed by atoms with Gasteiger partial charge in [-0.1, -0.05) is 36.4 Å². The van der Waals surface area contributed by atoms with E-state index < -0.39 is 41.7 Å². The summed E-state index contributed by atoms with van der Waals surface area (Å²) in [5.74, 6) is -1.44. The lowest BCUT2D eigenvalue weighted by atomic mass is 9.87. The smallest absolute Gasteiger partial charge is 0.319 e. The van der Waals surface area contributed by atoms with E-state index in [0.717, 1.165) is 12.1 Å². The van der Waals surface area contributed by atoms with Gasteiger partial charge in [-0.15, -0.1) is 0 Å². The largest absolute Gasteiger partial charge is 0.416 e. The van der Waals surface area contributed by atoms with E-state index in [2.05, 4.69) is 5.32 Å². The highest BCUT2D eigenvalue weighted by Gasteiger charge is 2.52. The van der Waals surface area contributed by atoms with Crippen molar-refractivity contribution in [2.45, 2.75) is 25.6 Å². The third-order valence-corrected chi connectivity index (χ3v) is 5.02. The minimum Gasteiger partial charge on any atom is -0.319 e. The number of hydrogen-bond donors (Lipinski definition) is 1. The predicted octanol–water partition coefficient (Wildman–Crippen LogP) is 3.53. The Kier molecular flexibility index (Phi) is 5.56. The summed E-state index contributed by atoms with van der Waals surface area (Å²) >= 11 is 0. The van der Waals surface area contributed by atoms with E-state index in [9.17, 15) is 27.6 Å². The number of nitrogens with zero attached hydrogens (tertiary/aromatic N) is 2. The topological polar surface area (TPSA) is 69.7 Å². The number of nitrogens with one attached hydrogen (secondary N) is 1. The standard InChI is InChI=1S/C21H20F3N3O3/c1-3-26(14-9-5-4-6-10-14)17(28)13-27-18(29)20(2,25-19(27)30)15-11-7-8-12-16(15)21(22,23)24/h4-12H,3,13H2,1-2H3,(H,25,30)/t20-/m0/s1. The molecule has 0 aromatic heterocycles. The zero-order valence-corrected chi connectivity index (χ0v) is 16.4. The number of rotatable bonds is 5. The molecule has 0 spiro atoms. The highest BCUT2D eigenvalue weighted by molar-refractivity contribution is 6.10. The van der Waals surface area contributed by atoms with Crippen molar-refractivity contribution in [2.75, 3.05) is 18.0 Å². The summed E-state index contributed by atoms with van der Waals surface area (Å²) < 4.78 is 40.3. The number of benzene rings is 2. The van der Waals surface area contributed by atoms with Crippen LogP contribution in [0.5, 0.6) is 0 Å². The average Bonchev–Trinajstić information content (AvgIpc) is 2.93. The number of carbonyl (C=O) groups is 3. The minimum atomic E-state index is -4.71. The number of alkyl halides is 3. The maximum Gasteiger partial charge on any atom is 0.416 e. The number of para-hydroxylation sites is 1. The van der Waals surface area contributed by atoms with Crippen LogP contribution in [0.2, 0.25) is 0 Å². The van der Waals surface area contributed by atoms with E-state index in [0.29, 0.717) is 17.1 Å². The maximum absolute atomic E-state index is 13.4. The van der Waals surface area contributed by atoms with E-state index in [-0.39, 0.29) is 5.56 Å². The number of halogens is 3. The summed E-state index contributed by atoms with van der Waals surface area (Å²) in [4.78, 5) is 40.3. The summed E-state index contributed by atoms with van der Waals surface area (Å²) in [6.45, 7) is 2.65. The summed E-state index contributed by atoms with van der Waals surface area (Å²) in [5, 5.41) is 2.33. The van der Waals surface area contributed by atoms with E-state index in [1.165, 1.54) is 24.0 Å². The lowest BCUT2D eigenvalue weighted by molar-refractivity contribution is -0.140. The molecule has 1 heterocycles. The first-order valence-corrected chi connectivity index (χ1v) is 9.25. The number of carbonyl (C=O) groups excluding carboxylic acids is 3. The van der Waals surface area contributed by atoms with Gasteiger partial charge in [-0.05, 0) is 37.6 Å². The highest BCUT2D eigenvalue weighted by atomic mass is 19.4. The van der Waals surface area contributed by atoms with Crippen molar-refractivity contribution in [3.63, 3.8) is 0 Å². The van der Waals surface area contributed by atoms with Gasteiger partial charge < -0.3 is 10.2 Å². The second-order valence-corrected chi connectivity index (χ2v) is 6.96. The Morgan fingerprint density at radius 3 is 2.27 bits per heavy atom. The summed E-state index contributed by atoms with van der Waals surface area (Å²) in [6, 6.07) is 12.3. The molecule has 0 saturated carbocycles. The molecule has 158 valence electrons. The molecule has 2 aromatic carbocycles. The third-order valence-electron chi connectivity index (χ3n) is 5.02. The average molecular weight is 419 g/mol. The van der Waals surface area contributed by atoms with E-state index in [1.54, 1.807) is 37.3 Å². The molecule has 3 rings (SSSR count). The van der Waals surface area contributed by atoms with Crippen molar-refractivity contribution < 1.29 is 27.6 Å². The Bertz CT molecular complexity index is 978. The number of anilines is 1. The molecule has 0 radical (unpaired) electrons. The molecule has 0 unspecified atom stereocenters. The molecule has 2 aromatic rings. The second-order valence-electron chi connectivity index (χ2n) is 6.96. The second kappa shape index (κ2) is 7.81. The van der Waals surface area contributed by atoms with Crippen molar-refractivity contribution >= 4 is 23.5 Å². The SMILES string of the molecule is CCN(C(=O)CN1C(=O)N[C@@](C)(c2ccccc2C(F)(F)F)C1=O)c1ccccc1. The first-order chi connectivity index (χ1) is 14.1. The van der Waals surface area contributed by atoms with Crippen LogP contribution in [0.15, 0.2) is 54.6 Å². The Balaban J connectivity index is 1.89. The zero-order valence-electron chi connectivity index (χ0n) is 16.4. The first-order valence-electron chi connectivity index (χ1n) is 9.25. The minimum absolute atomic E-state index is 0.292. The van der Waals surface area contributed by atoms with Crippen molar-refractivity contribution in [3.8, 4) is 0 Å². The molecule has 0 bridgehead atoms. The fraction of sp³-hybridized carbons (Fsp3) is 0.286. The van der Waals surface area contributed by atoms with Crippen molar-refractivity contribution in [2.24, 2.45) is 0 Å². The van der Waals surface area contributed by atoms with Crippen LogP contribution < -0.4 is 10.2 Å². The third kappa shape index (κ3) is 3.74. The summed E-state index contributed by atoms with van der Waals surface area (Å²) in [6.07, 6.45) is -4.71. The molecule has 1 aliphatic rings. The van der Waals surface area contributed by atoms with Crippen molar-refractivity contribution in [3.05, 3.63) is 65.7 Å². The normalized spacial score (nSPS) is 19.0. The molecule has 1 N–H and O–H groups in total. The van der Waals surface area contributed by atoms with Gasteiger partial charge >= 0.3 is 12.2 Å². The van der Waals surface area contributed by atoms with E-state index >= 15 is 0 Å². The Morgan fingerprint density at radius 1 is 1.07 bits per heavy atom. The van der Waals surface area contributed by atoms with Gasteiger partial charge in [0.1, 0.15) is 12.1 Å². The number of amides is 4. The molecule has 1 fully saturated rings. The highest BCUT2D eigenvalue weighted by Crippen LogP contribution is 2.39. The van der Waals surface area contributed by atoms with Crippen molar-refractivity contribution in [1.82, 2.24) is 10.2 Å². The summed E-state index contributed by atoms with van der Waals surface area (Å²) in [7, 11) is 0. The number of urea groups is 1. The van der Waals surface area contributed by atoms with Gasteiger partial charge in [-0.2, -0.15) is 13.2 Å². The first kappa shape index (κ1) is 21.4. The molecule has 1 aliphatic heterocycles. The molecular weight excluding hydrogens is 399 g/mol. The Morgan fingerprint density at radius 2 is 1.67 bits per heavy atom. The monoisotopic (exact) mass is 419 g/mol. The lowest BCUT2D eigenvalue weighted by Gasteiger charge is -2.26. The van der Waals surface area contributed by atoms with Crippen molar-refractivity contribution in [1.29, 1.82) is 0 Å². The predicted molar refractivity (Wildman–Crippen MR) is 104 cm³/mol. The molecule has 0 aliphatic carbocycles. The summed E-state index contributed by atoms with van der Waals surface area (Å²) in [5.41, 5.74) is -2.75. The number of hydrogen-bond acceptors (Lipinski definition) is 3. The van der Waals surface area contributed by atoms with Gasteiger partial charge in [0.15, 0.2) is 0 Å².